The zero-order valence-electron chi connectivity index (χ0n) is 12.7. The second kappa shape index (κ2) is 5.97. The molecule has 1 aliphatic carbocycles. The maximum absolute atomic E-state index is 12.6. The molecule has 1 aliphatic heterocycles. The summed E-state index contributed by atoms with van der Waals surface area (Å²) in [4.78, 5) is 14.5. The molecular weight excluding hydrogens is 268 g/mol. The van der Waals surface area contributed by atoms with E-state index >= 15 is 0 Å². The standard InChI is InChI=1S/C15H22N4O2/c1-3-21-10-13-16-17-14-11(2)18(8-9-19(13)14)15(20)12-6-4-5-7-12/h6,11H,3-5,7-10H2,1-2H3/t11-/m0/s1. The molecular formula is C15H22N4O2. The van der Waals surface area contributed by atoms with E-state index in [0.29, 0.717) is 19.8 Å². The summed E-state index contributed by atoms with van der Waals surface area (Å²) in [5.41, 5.74) is 0.962. The zero-order chi connectivity index (χ0) is 14.8. The van der Waals surface area contributed by atoms with Gasteiger partial charge < -0.3 is 14.2 Å². The van der Waals surface area contributed by atoms with Gasteiger partial charge in [-0.2, -0.15) is 0 Å². The highest BCUT2D eigenvalue weighted by Gasteiger charge is 2.32. The number of aromatic nitrogens is 3. The maximum Gasteiger partial charge on any atom is 0.250 e. The number of ether oxygens (including phenoxy) is 1. The van der Waals surface area contributed by atoms with Gasteiger partial charge in [0.1, 0.15) is 6.61 Å². The number of rotatable bonds is 4. The molecule has 21 heavy (non-hydrogen) atoms. The average molecular weight is 290 g/mol. The third kappa shape index (κ3) is 2.60. The van der Waals surface area contributed by atoms with Crippen LogP contribution in [0.3, 0.4) is 0 Å². The van der Waals surface area contributed by atoms with Crippen molar-refractivity contribution in [3.8, 4) is 0 Å². The lowest BCUT2D eigenvalue weighted by molar-refractivity contribution is -0.130. The van der Waals surface area contributed by atoms with Crippen molar-refractivity contribution in [2.24, 2.45) is 0 Å². The number of allylic oxidation sites excluding steroid dienone is 1. The SMILES string of the molecule is CCOCc1nnc2n1CCN(C(=O)C1=CCCC1)[C@H]2C. The van der Waals surface area contributed by atoms with E-state index in [-0.39, 0.29) is 11.9 Å². The number of fused-ring (bicyclic) bond motifs is 1. The number of nitrogens with zero attached hydrogens (tertiary/aromatic N) is 4. The van der Waals surface area contributed by atoms with E-state index in [1.807, 2.05) is 18.7 Å². The second-order valence-corrected chi connectivity index (χ2v) is 5.56. The molecule has 0 radical (unpaired) electrons. The van der Waals surface area contributed by atoms with Gasteiger partial charge in [0.2, 0.25) is 5.91 Å². The lowest BCUT2D eigenvalue weighted by atomic mass is 10.1. The number of hydrogen-bond donors (Lipinski definition) is 0. The van der Waals surface area contributed by atoms with E-state index in [9.17, 15) is 4.79 Å². The van der Waals surface area contributed by atoms with Gasteiger partial charge in [-0.15, -0.1) is 10.2 Å². The van der Waals surface area contributed by atoms with Gasteiger partial charge in [-0.1, -0.05) is 6.08 Å². The Morgan fingerprint density at radius 2 is 2.29 bits per heavy atom. The average Bonchev–Trinajstić information content (AvgIpc) is 3.15. The van der Waals surface area contributed by atoms with Gasteiger partial charge in [0.25, 0.3) is 0 Å². The van der Waals surface area contributed by atoms with Crippen LogP contribution in [0.1, 0.15) is 50.8 Å². The van der Waals surface area contributed by atoms with Crippen LogP contribution in [0, 0.1) is 0 Å². The third-order valence-corrected chi connectivity index (χ3v) is 4.27. The van der Waals surface area contributed by atoms with Crippen LogP contribution in [0.5, 0.6) is 0 Å². The van der Waals surface area contributed by atoms with Crippen LogP contribution in [0.4, 0.5) is 0 Å². The van der Waals surface area contributed by atoms with Crippen molar-refractivity contribution in [3.05, 3.63) is 23.3 Å². The summed E-state index contributed by atoms with van der Waals surface area (Å²) in [7, 11) is 0. The van der Waals surface area contributed by atoms with Crippen LogP contribution in [0.25, 0.3) is 0 Å². The fourth-order valence-electron chi connectivity index (χ4n) is 3.07. The minimum atomic E-state index is -0.0318. The molecule has 3 rings (SSSR count). The highest BCUT2D eigenvalue weighted by molar-refractivity contribution is 5.94. The van der Waals surface area contributed by atoms with Crippen molar-refractivity contribution in [2.45, 2.75) is 52.3 Å². The molecule has 2 heterocycles. The van der Waals surface area contributed by atoms with Crippen molar-refractivity contribution in [1.82, 2.24) is 19.7 Å². The van der Waals surface area contributed by atoms with Gasteiger partial charge in [0, 0.05) is 25.3 Å². The predicted octanol–water partition coefficient (Wildman–Crippen LogP) is 1.83. The van der Waals surface area contributed by atoms with Crippen LogP contribution in [-0.4, -0.2) is 38.7 Å². The molecule has 0 unspecified atom stereocenters. The molecule has 0 fully saturated rings. The van der Waals surface area contributed by atoms with Crippen LogP contribution < -0.4 is 0 Å². The fourth-order valence-corrected chi connectivity index (χ4v) is 3.07. The summed E-state index contributed by atoms with van der Waals surface area (Å²) in [5.74, 6) is 1.88. The molecule has 0 aromatic carbocycles. The van der Waals surface area contributed by atoms with E-state index in [4.69, 9.17) is 4.74 Å². The Bertz CT molecular complexity index is 564. The van der Waals surface area contributed by atoms with E-state index < -0.39 is 0 Å². The first-order chi connectivity index (χ1) is 10.2. The molecule has 1 atom stereocenters. The molecule has 1 amide bonds. The highest BCUT2D eigenvalue weighted by Crippen LogP contribution is 2.28. The van der Waals surface area contributed by atoms with Crippen LogP contribution in [-0.2, 0) is 22.7 Å². The topological polar surface area (TPSA) is 60.3 Å². The van der Waals surface area contributed by atoms with Crippen molar-refractivity contribution in [2.75, 3.05) is 13.2 Å². The van der Waals surface area contributed by atoms with Gasteiger partial charge in [-0.05, 0) is 33.1 Å². The van der Waals surface area contributed by atoms with E-state index in [1.165, 1.54) is 0 Å². The minimum Gasteiger partial charge on any atom is -0.374 e. The molecule has 1 aromatic heterocycles. The Balaban J connectivity index is 1.77. The lowest BCUT2D eigenvalue weighted by Crippen LogP contribution is -2.42. The quantitative estimate of drug-likeness (QED) is 0.849. The molecule has 0 spiro atoms. The number of amides is 1. The van der Waals surface area contributed by atoms with Crippen molar-refractivity contribution in [1.29, 1.82) is 0 Å². The van der Waals surface area contributed by atoms with Crippen LogP contribution >= 0.6 is 0 Å². The number of carbonyl (C=O) groups is 1. The summed E-state index contributed by atoms with van der Waals surface area (Å²) in [5, 5.41) is 8.48. The second-order valence-electron chi connectivity index (χ2n) is 5.56. The van der Waals surface area contributed by atoms with Crippen LogP contribution in [0.2, 0.25) is 0 Å². The summed E-state index contributed by atoms with van der Waals surface area (Å²) < 4.78 is 7.51. The number of hydrogen-bond acceptors (Lipinski definition) is 4. The number of carbonyl (C=O) groups excluding carboxylic acids is 1. The first-order valence-corrected chi connectivity index (χ1v) is 7.72. The summed E-state index contributed by atoms with van der Waals surface area (Å²) in [6.45, 7) is 6.59. The largest absolute Gasteiger partial charge is 0.374 e. The van der Waals surface area contributed by atoms with E-state index in [2.05, 4.69) is 20.8 Å². The first-order valence-electron chi connectivity index (χ1n) is 7.72. The molecule has 114 valence electrons. The van der Waals surface area contributed by atoms with E-state index in [1.54, 1.807) is 0 Å². The Labute approximate surface area is 124 Å². The summed E-state index contributed by atoms with van der Waals surface area (Å²) in [6.07, 6.45) is 5.11. The Morgan fingerprint density at radius 3 is 3.00 bits per heavy atom. The first kappa shape index (κ1) is 14.3. The fraction of sp³-hybridized carbons (Fsp3) is 0.667. The third-order valence-electron chi connectivity index (χ3n) is 4.27. The van der Waals surface area contributed by atoms with Gasteiger partial charge in [-0.25, -0.2) is 0 Å². The van der Waals surface area contributed by atoms with Gasteiger partial charge in [0.05, 0.1) is 6.04 Å². The molecule has 0 saturated heterocycles. The molecule has 0 saturated carbocycles. The van der Waals surface area contributed by atoms with Crippen molar-refractivity contribution < 1.29 is 9.53 Å². The molecule has 6 heteroatoms. The summed E-state index contributed by atoms with van der Waals surface area (Å²) in [6, 6.07) is -0.0318. The Hall–Kier alpha value is -1.69. The van der Waals surface area contributed by atoms with Gasteiger partial charge in [-0.3, -0.25) is 4.79 Å². The highest BCUT2D eigenvalue weighted by atomic mass is 16.5. The lowest BCUT2D eigenvalue weighted by Gasteiger charge is -2.34. The molecule has 1 aromatic rings. The van der Waals surface area contributed by atoms with Crippen molar-refractivity contribution in [3.63, 3.8) is 0 Å². The van der Waals surface area contributed by atoms with Gasteiger partial charge in [0.15, 0.2) is 11.6 Å². The van der Waals surface area contributed by atoms with Crippen molar-refractivity contribution >= 4 is 5.91 Å². The normalized spacial score (nSPS) is 21.3. The smallest absolute Gasteiger partial charge is 0.250 e. The monoisotopic (exact) mass is 290 g/mol. The van der Waals surface area contributed by atoms with Gasteiger partial charge >= 0.3 is 0 Å². The Morgan fingerprint density at radius 1 is 1.43 bits per heavy atom. The molecule has 0 N–H and O–H groups in total. The Kier molecular flexibility index (Phi) is 4.05. The zero-order valence-corrected chi connectivity index (χ0v) is 12.7. The molecule has 6 nitrogen and oxygen atoms in total. The van der Waals surface area contributed by atoms with Crippen LogP contribution in [0.15, 0.2) is 11.6 Å². The molecule has 0 bridgehead atoms. The minimum absolute atomic E-state index is 0.0318. The maximum atomic E-state index is 12.6. The summed E-state index contributed by atoms with van der Waals surface area (Å²) >= 11 is 0. The predicted molar refractivity (Wildman–Crippen MR) is 77.4 cm³/mol. The molecule has 2 aliphatic rings. The van der Waals surface area contributed by atoms with E-state index in [0.717, 1.165) is 43.0 Å².